The van der Waals surface area contributed by atoms with E-state index in [9.17, 15) is 4.79 Å². The summed E-state index contributed by atoms with van der Waals surface area (Å²) in [5.74, 6) is -0.0320. The zero-order valence-corrected chi connectivity index (χ0v) is 15.5. The molecule has 1 aliphatic heterocycles. The van der Waals surface area contributed by atoms with Gasteiger partial charge in [-0.1, -0.05) is 25.1 Å². The number of benzene rings is 1. The van der Waals surface area contributed by atoms with Crippen LogP contribution in [0, 0.1) is 0 Å². The van der Waals surface area contributed by atoms with Crippen LogP contribution in [0.15, 0.2) is 36.5 Å². The molecule has 0 unspecified atom stereocenters. The summed E-state index contributed by atoms with van der Waals surface area (Å²) in [5.41, 5.74) is 2.60. The lowest BCUT2D eigenvalue weighted by Gasteiger charge is -2.26. The molecule has 1 aromatic heterocycles. The van der Waals surface area contributed by atoms with Crippen LogP contribution in [0.4, 0.5) is 0 Å². The van der Waals surface area contributed by atoms with E-state index in [0.29, 0.717) is 12.1 Å². The predicted molar refractivity (Wildman–Crippen MR) is 102 cm³/mol. The summed E-state index contributed by atoms with van der Waals surface area (Å²) in [6.45, 7) is 7.53. The van der Waals surface area contributed by atoms with Crippen molar-refractivity contribution in [2.45, 2.75) is 26.2 Å². The van der Waals surface area contributed by atoms with Crippen molar-refractivity contribution >= 4 is 5.91 Å². The minimum Gasteiger partial charge on any atom is -0.379 e. The highest BCUT2D eigenvalue weighted by Crippen LogP contribution is 2.15. The van der Waals surface area contributed by atoms with Crippen LogP contribution in [0.25, 0.3) is 5.69 Å². The largest absolute Gasteiger partial charge is 0.379 e. The highest BCUT2D eigenvalue weighted by molar-refractivity contribution is 5.95. The fraction of sp³-hybridized carbons (Fsp3) is 0.500. The topological polar surface area (TPSA) is 59.4 Å². The molecule has 2 aromatic rings. The Kier molecular flexibility index (Phi) is 6.80. The summed E-state index contributed by atoms with van der Waals surface area (Å²) >= 11 is 0. The van der Waals surface area contributed by atoms with Gasteiger partial charge in [0.1, 0.15) is 0 Å². The number of ether oxygens (including phenoxy) is 1. The van der Waals surface area contributed by atoms with Crippen molar-refractivity contribution in [1.82, 2.24) is 20.0 Å². The van der Waals surface area contributed by atoms with E-state index in [2.05, 4.69) is 22.2 Å². The number of hydrogen-bond acceptors (Lipinski definition) is 4. The number of aromatic nitrogens is 2. The first-order valence-corrected chi connectivity index (χ1v) is 9.50. The maximum atomic E-state index is 12.5. The van der Waals surface area contributed by atoms with E-state index in [1.165, 1.54) is 0 Å². The Morgan fingerprint density at radius 3 is 2.69 bits per heavy atom. The number of nitrogens with zero attached hydrogens (tertiary/aromatic N) is 3. The molecule has 26 heavy (non-hydrogen) atoms. The van der Waals surface area contributed by atoms with Crippen LogP contribution >= 0.6 is 0 Å². The average Bonchev–Trinajstić information content (AvgIpc) is 3.13. The van der Waals surface area contributed by atoms with Gasteiger partial charge in [0.25, 0.3) is 5.91 Å². The van der Waals surface area contributed by atoms with E-state index in [-0.39, 0.29) is 5.91 Å². The Labute approximate surface area is 155 Å². The maximum Gasteiger partial charge on any atom is 0.254 e. The number of carbonyl (C=O) groups is 1. The molecule has 0 spiro atoms. The SMILES string of the molecule is CCc1c(C(=O)NCCCCN2CCOCC2)cnn1-c1ccccc1. The molecule has 0 saturated carbocycles. The molecule has 0 radical (unpaired) electrons. The van der Waals surface area contributed by atoms with Crippen molar-refractivity contribution in [3.63, 3.8) is 0 Å². The fourth-order valence-corrected chi connectivity index (χ4v) is 3.28. The van der Waals surface area contributed by atoms with Crippen molar-refractivity contribution < 1.29 is 9.53 Å². The number of rotatable bonds is 8. The normalized spacial score (nSPS) is 15.1. The minimum atomic E-state index is -0.0320. The molecule has 3 rings (SSSR count). The fourth-order valence-electron chi connectivity index (χ4n) is 3.28. The lowest BCUT2D eigenvalue weighted by molar-refractivity contribution is 0.0372. The van der Waals surface area contributed by atoms with Gasteiger partial charge in [0.15, 0.2) is 0 Å². The Bertz CT molecular complexity index is 693. The first-order valence-electron chi connectivity index (χ1n) is 9.50. The second-order valence-corrected chi connectivity index (χ2v) is 6.52. The molecular formula is C20H28N4O2. The monoisotopic (exact) mass is 356 g/mol. The molecule has 6 nitrogen and oxygen atoms in total. The van der Waals surface area contributed by atoms with E-state index < -0.39 is 0 Å². The Morgan fingerprint density at radius 1 is 1.19 bits per heavy atom. The van der Waals surface area contributed by atoms with Crippen LogP contribution in [0.5, 0.6) is 0 Å². The molecule has 1 saturated heterocycles. The Morgan fingerprint density at radius 2 is 1.96 bits per heavy atom. The number of amides is 1. The van der Waals surface area contributed by atoms with Crippen molar-refractivity contribution in [3.05, 3.63) is 47.8 Å². The van der Waals surface area contributed by atoms with E-state index in [1.807, 2.05) is 35.0 Å². The average molecular weight is 356 g/mol. The van der Waals surface area contributed by atoms with Gasteiger partial charge in [0, 0.05) is 19.6 Å². The lowest BCUT2D eigenvalue weighted by atomic mass is 10.2. The minimum absolute atomic E-state index is 0.0320. The van der Waals surface area contributed by atoms with Crippen molar-refractivity contribution in [2.75, 3.05) is 39.4 Å². The van der Waals surface area contributed by atoms with Gasteiger partial charge in [-0.3, -0.25) is 9.69 Å². The summed E-state index contributed by atoms with van der Waals surface area (Å²) < 4.78 is 7.21. The van der Waals surface area contributed by atoms with Gasteiger partial charge in [-0.05, 0) is 37.9 Å². The molecule has 0 atom stereocenters. The molecule has 1 amide bonds. The van der Waals surface area contributed by atoms with E-state index in [4.69, 9.17) is 4.74 Å². The Hall–Kier alpha value is -2.18. The predicted octanol–water partition coefficient (Wildman–Crippen LogP) is 2.28. The van der Waals surface area contributed by atoms with Crippen LogP contribution in [-0.4, -0.2) is 60.0 Å². The lowest BCUT2D eigenvalue weighted by Crippen LogP contribution is -2.37. The van der Waals surface area contributed by atoms with Gasteiger partial charge in [0.05, 0.1) is 36.4 Å². The number of para-hydroxylation sites is 1. The smallest absolute Gasteiger partial charge is 0.254 e. The number of nitrogens with one attached hydrogen (secondary N) is 1. The third kappa shape index (κ3) is 4.71. The molecule has 0 bridgehead atoms. The second kappa shape index (κ2) is 9.50. The molecular weight excluding hydrogens is 328 g/mol. The molecule has 1 fully saturated rings. The third-order valence-corrected chi connectivity index (χ3v) is 4.74. The molecule has 0 aliphatic carbocycles. The molecule has 1 aromatic carbocycles. The quantitative estimate of drug-likeness (QED) is 0.737. The molecule has 140 valence electrons. The zero-order valence-electron chi connectivity index (χ0n) is 15.5. The highest BCUT2D eigenvalue weighted by Gasteiger charge is 2.16. The van der Waals surface area contributed by atoms with Gasteiger partial charge in [0.2, 0.25) is 0 Å². The van der Waals surface area contributed by atoms with Crippen molar-refractivity contribution in [2.24, 2.45) is 0 Å². The number of carbonyl (C=O) groups excluding carboxylic acids is 1. The van der Waals surface area contributed by atoms with E-state index in [0.717, 1.165) is 63.5 Å². The second-order valence-electron chi connectivity index (χ2n) is 6.52. The van der Waals surface area contributed by atoms with Crippen LogP contribution in [-0.2, 0) is 11.2 Å². The first-order chi connectivity index (χ1) is 12.8. The van der Waals surface area contributed by atoms with Gasteiger partial charge < -0.3 is 10.1 Å². The number of hydrogen-bond donors (Lipinski definition) is 1. The molecule has 1 N–H and O–H groups in total. The van der Waals surface area contributed by atoms with Crippen molar-refractivity contribution in [3.8, 4) is 5.69 Å². The summed E-state index contributed by atoms with van der Waals surface area (Å²) in [5, 5.41) is 7.46. The van der Waals surface area contributed by atoms with Crippen LogP contribution < -0.4 is 5.32 Å². The van der Waals surface area contributed by atoms with Crippen LogP contribution in [0.3, 0.4) is 0 Å². The third-order valence-electron chi connectivity index (χ3n) is 4.74. The molecule has 1 aliphatic rings. The molecule has 6 heteroatoms. The zero-order chi connectivity index (χ0) is 18.2. The van der Waals surface area contributed by atoms with Crippen LogP contribution in [0.2, 0.25) is 0 Å². The van der Waals surface area contributed by atoms with Gasteiger partial charge >= 0.3 is 0 Å². The maximum absolute atomic E-state index is 12.5. The van der Waals surface area contributed by atoms with E-state index >= 15 is 0 Å². The Balaban J connectivity index is 1.49. The van der Waals surface area contributed by atoms with Crippen molar-refractivity contribution in [1.29, 1.82) is 0 Å². The summed E-state index contributed by atoms with van der Waals surface area (Å²) in [6.07, 6.45) is 4.51. The summed E-state index contributed by atoms with van der Waals surface area (Å²) in [6, 6.07) is 9.93. The summed E-state index contributed by atoms with van der Waals surface area (Å²) in [7, 11) is 0. The first kappa shape index (κ1) is 18.6. The van der Waals surface area contributed by atoms with E-state index in [1.54, 1.807) is 6.20 Å². The van der Waals surface area contributed by atoms with Gasteiger partial charge in [-0.15, -0.1) is 0 Å². The summed E-state index contributed by atoms with van der Waals surface area (Å²) in [4.78, 5) is 15.0. The molecule has 2 heterocycles. The number of morpholine rings is 1. The number of unbranched alkanes of at least 4 members (excludes halogenated alkanes) is 1. The van der Waals surface area contributed by atoms with Gasteiger partial charge in [-0.25, -0.2) is 4.68 Å². The van der Waals surface area contributed by atoms with Gasteiger partial charge in [-0.2, -0.15) is 5.10 Å². The van der Waals surface area contributed by atoms with Crippen LogP contribution in [0.1, 0.15) is 35.8 Å². The highest BCUT2D eigenvalue weighted by atomic mass is 16.5. The standard InChI is InChI=1S/C20H28N4O2/c1-2-19-18(16-22-24(19)17-8-4-3-5-9-17)20(25)21-10-6-7-11-23-12-14-26-15-13-23/h3-5,8-9,16H,2,6-7,10-15H2,1H3,(H,21,25).